The van der Waals surface area contributed by atoms with Crippen LogP contribution < -0.4 is 10.5 Å². The van der Waals surface area contributed by atoms with Crippen LogP contribution in [-0.4, -0.2) is 7.11 Å². The van der Waals surface area contributed by atoms with Gasteiger partial charge in [0, 0.05) is 6.04 Å². The van der Waals surface area contributed by atoms with Crippen molar-refractivity contribution in [3.63, 3.8) is 0 Å². The molecule has 3 nitrogen and oxygen atoms in total. The van der Waals surface area contributed by atoms with E-state index in [4.69, 9.17) is 15.7 Å². The molecule has 0 saturated heterocycles. The van der Waals surface area contributed by atoms with Crippen LogP contribution in [0.3, 0.4) is 0 Å². The third-order valence-electron chi connectivity index (χ3n) is 2.81. The predicted molar refractivity (Wildman–Crippen MR) is 67.7 cm³/mol. The normalized spacial score (nSPS) is 12.1. The van der Waals surface area contributed by atoms with Gasteiger partial charge in [-0.3, -0.25) is 0 Å². The van der Waals surface area contributed by atoms with Gasteiger partial charge in [-0.25, -0.2) is 0 Å². The number of benzene rings is 2. The van der Waals surface area contributed by atoms with Crippen molar-refractivity contribution in [1.82, 2.24) is 0 Å². The van der Waals surface area contributed by atoms with Crippen molar-refractivity contribution in [2.75, 3.05) is 7.11 Å². The molecule has 2 aromatic rings. The molecule has 2 rings (SSSR count). The molecule has 0 spiro atoms. The Morgan fingerprint density at radius 3 is 2.65 bits per heavy atom. The first-order valence-electron chi connectivity index (χ1n) is 5.45. The molecule has 2 N–H and O–H groups in total. The molecule has 0 aliphatic rings. The smallest absolute Gasteiger partial charge is 0.119 e. The van der Waals surface area contributed by atoms with Crippen LogP contribution in [-0.2, 0) is 0 Å². The van der Waals surface area contributed by atoms with Crippen molar-refractivity contribution in [3.8, 4) is 11.8 Å². The van der Waals surface area contributed by atoms with Gasteiger partial charge in [-0.1, -0.05) is 18.2 Å². The molecule has 0 aliphatic carbocycles. The van der Waals surface area contributed by atoms with Crippen LogP contribution >= 0.6 is 0 Å². The minimum absolute atomic E-state index is 0.216. The van der Waals surface area contributed by atoms with Crippen molar-refractivity contribution in [2.45, 2.75) is 12.5 Å². The van der Waals surface area contributed by atoms with Crippen LogP contribution in [0, 0.1) is 11.3 Å². The topological polar surface area (TPSA) is 59.0 Å². The molecule has 0 aromatic heterocycles. The van der Waals surface area contributed by atoms with E-state index in [-0.39, 0.29) is 6.04 Å². The van der Waals surface area contributed by atoms with E-state index < -0.39 is 0 Å². The Bertz CT molecular complexity index is 572. The summed E-state index contributed by atoms with van der Waals surface area (Å²) in [5.74, 6) is 0.839. The summed E-state index contributed by atoms with van der Waals surface area (Å²) in [5.41, 5.74) is 6.90. The molecule has 0 fully saturated rings. The van der Waals surface area contributed by atoms with E-state index in [0.29, 0.717) is 6.42 Å². The average Bonchev–Trinajstić information content (AvgIpc) is 2.37. The number of methoxy groups -OCH3 is 1. The van der Waals surface area contributed by atoms with Gasteiger partial charge >= 0.3 is 0 Å². The Morgan fingerprint density at radius 2 is 1.94 bits per heavy atom. The van der Waals surface area contributed by atoms with Gasteiger partial charge in [0.15, 0.2) is 0 Å². The molecular formula is C14H14N2O. The molecule has 0 radical (unpaired) electrons. The summed E-state index contributed by atoms with van der Waals surface area (Å²) >= 11 is 0. The van der Waals surface area contributed by atoms with Crippen LogP contribution in [0.4, 0.5) is 0 Å². The van der Waals surface area contributed by atoms with Crippen LogP contribution in [0.15, 0.2) is 36.4 Å². The molecule has 0 amide bonds. The fourth-order valence-electron chi connectivity index (χ4n) is 1.82. The SMILES string of the molecule is COc1ccc2cc(C(N)CC#N)ccc2c1. The molecule has 0 saturated carbocycles. The lowest BCUT2D eigenvalue weighted by molar-refractivity contribution is 0.415. The largest absolute Gasteiger partial charge is 0.497 e. The number of fused-ring (bicyclic) bond motifs is 1. The summed E-state index contributed by atoms with van der Waals surface area (Å²) < 4.78 is 5.17. The van der Waals surface area contributed by atoms with Crippen molar-refractivity contribution < 1.29 is 4.74 Å². The van der Waals surface area contributed by atoms with Gasteiger partial charge in [-0.15, -0.1) is 0 Å². The second-order valence-electron chi connectivity index (χ2n) is 3.94. The molecule has 86 valence electrons. The summed E-state index contributed by atoms with van der Waals surface area (Å²) in [7, 11) is 1.65. The number of nitrogens with two attached hydrogens (primary N) is 1. The van der Waals surface area contributed by atoms with Crippen molar-refractivity contribution in [3.05, 3.63) is 42.0 Å². The molecule has 0 bridgehead atoms. The van der Waals surface area contributed by atoms with Crippen molar-refractivity contribution in [1.29, 1.82) is 5.26 Å². The average molecular weight is 226 g/mol. The van der Waals surface area contributed by atoms with Crippen LogP contribution in [0.25, 0.3) is 10.8 Å². The Hall–Kier alpha value is -2.05. The van der Waals surface area contributed by atoms with Gasteiger partial charge in [-0.2, -0.15) is 5.26 Å². The van der Waals surface area contributed by atoms with E-state index in [9.17, 15) is 0 Å². The summed E-state index contributed by atoms with van der Waals surface area (Å²) in [4.78, 5) is 0. The minimum Gasteiger partial charge on any atom is -0.497 e. The van der Waals surface area contributed by atoms with Crippen LogP contribution in [0.1, 0.15) is 18.0 Å². The molecule has 1 atom stereocenters. The van der Waals surface area contributed by atoms with Crippen LogP contribution in [0.5, 0.6) is 5.75 Å². The summed E-state index contributed by atoms with van der Waals surface area (Å²) in [6.07, 6.45) is 0.335. The highest BCUT2D eigenvalue weighted by molar-refractivity contribution is 5.84. The Balaban J connectivity index is 2.42. The number of rotatable bonds is 3. The van der Waals surface area contributed by atoms with E-state index in [1.165, 1.54) is 0 Å². The van der Waals surface area contributed by atoms with E-state index in [1.54, 1.807) is 7.11 Å². The fourth-order valence-corrected chi connectivity index (χ4v) is 1.82. The molecular weight excluding hydrogens is 212 g/mol. The number of nitriles is 1. The van der Waals surface area contributed by atoms with Gasteiger partial charge in [0.05, 0.1) is 19.6 Å². The highest BCUT2D eigenvalue weighted by Gasteiger charge is 2.06. The highest BCUT2D eigenvalue weighted by atomic mass is 16.5. The fraction of sp³-hybridized carbons (Fsp3) is 0.214. The van der Waals surface area contributed by atoms with Gasteiger partial charge in [0.1, 0.15) is 5.75 Å². The van der Waals surface area contributed by atoms with E-state index in [1.807, 2.05) is 36.4 Å². The van der Waals surface area contributed by atoms with Gasteiger partial charge in [-0.05, 0) is 34.5 Å². The monoisotopic (exact) mass is 226 g/mol. The van der Waals surface area contributed by atoms with Crippen molar-refractivity contribution in [2.24, 2.45) is 5.73 Å². The van der Waals surface area contributed by atoms with Gasteiger partial charge < -0.3 is 10.5 Å². The maximum atomic E-state index is 8.63. The lowest BCUT2D eigenvalue weighted by Gasteiger charge is -2.09. The van der Waals surface area contributed by atoms with Gasteiger partial charge in [0.25, 0.3) is 0 Å². The Kier molecular flexibility index (Phi) is 3.27. The summed E-state index contributed by atoms with van der Waals surface area (Å²) in [5, 5.41) is 10.8. The van der Waals surface area contributed by atoms with E-state index >= 15 is 0 Å². The number of hydrogen-bond donors (Lipinski definition) is 1. The zero-order valence-electron chi connectivity index (χ0n) is 9.68. The maximum absolute atomic E-state index is 8.63. The number of ether oxygens (including phenoxy) is 1. The predicted octanol–water partition coefficient (Wildman–Crippen LogP) is 2.76. The Morgan fingerprint density at radius 1 is 1.24 bits per heavy atom. The first-order valence-corrected chi connectivity index (χ1v) is 5.45. The lowest BCUT2D eigenvalue weighted by atomic mass is 10.0. The second-order valence-corrected chi connectivity index (χ2v) is 3.94. The van der Waals surface area contributed by atoms with Crippen molar-refractivity contribution >= 4 is 10.8 Å². The molecule has 3 heteroatoms. The summed E-state index contributed by atoms with van der Waals surface area (Å²) in [6, 6.07) is 13.8. The molecule has 17 heavy (non-hydrogen) atoms. The molecule has 2 aromatic carbocycles. The van der Waals surface area contributed by atoms with E-state index in [2.05, 4.69) is 6.07 Å². The minimum atomic E-state index is -0.216. The van der Waals surface area contributed by atoms with Crippen LogP contribution in [0.2, 0.25) is 0 Å². The number of nitrogens with zero attached hydrogens (tertiary/aromatic N) is 1. The maximum Gasteiger partial charge on any atom is 0.119 e. The number of hydrogen-bond acceptors (Lipinski definition) is 3. The summed E-state index contributed by atoms with van der Waals surface area (Å²) in [6.45, 7) is 0. The molecule has 0 aliphatic heterocycles. The first kappa shape index (κ1) is 11.4. The second kappa shape index (κ2) is 4.86. The lowest BCUT2D eigenvalue weighted by Crippen LogP contribution is -2.08. The zero-order valence-corrected chi connectivity index (χ0v) is 9.68. The third kappa shape index (κ3) is 2.38. The Labute approximate surface area is 100 Å². The quantitative estimate of drug-likeness (QED) is 0.875. The standard InChI is InChI=1S/C14H14N2O/c1-17-13-5-4-10-8-12(14(16)6-7-15)3-2-11(10)9-13/h2-5,8-9,14H,6,16H2,1H3. The zero-order chi connectivity index (χ0) is 12.3. The molecule has 0 heterocycles. The van der Waals surface area contributed by atoms with E-state index in [0.717, 1.165) is 22.1 Å². The highest BCUT2D eigenvalue weighted by Crippen LogP contribution is 2.24. The third-order valence-corrected chi connectivity index (χ3v) is 2.81. The van der Waals surface area contributed by atoms with Gasteiger partial charge in [0.2, 0.25) is 0 Å². The first-order chi connectivity index (χ1) is 8.24. The molecule has 1 unspecified atom stereocenters.